The van der Waals surface area contributed by atoms with Crippen molar-refractivity contribution in [1.82, 2.24) is 4.98 Å². The first-order chi connectivity index (χ1) is 14.5. The van der Waals surface area contributed by atoms with Gasteiger partial charge in [-0.1, -0.05) is 0 Å². The number of aromatic nitrogens is 1. The molecule has 2 heterocycles. The molecule has 0 saturated heterocycles. The van der Waals surface area contributed by atoms with Crippen LogP contribution < -0.4 is 9.47 Å². The van der Waals surface area contributed by atoms with Crippen LogP contribution in [-0.4, -0.2) is 54.7 Å². The molecule has 0 spiro atoms. The van der Waals surface area contributed by atoms with Gasteiger partial charge in [0.05, 0.1) is 38.7 Å². The number of aliphatic hydroxyl groups is 1. The number of aliphatic hydroxyl groups excluding tert-OH is 1. The average molecular weight is 410 g/mol. The van der Waals surface area contributed by atoms with E-state index in [0.717, 1.165) is 35.2 Å². The summed E-state index contributed by atoms with van der Waals surface area (Å²) in [6, 6.07) is 7.54. The molecule has 0 radical (unpaired) electrons. The first-order valence-corrected chi connectivity index (χ1v) is 10.2. The summed E-state index contributed by atoms with van der Waals surface area (Å²) in [5.74, 6) is 0.979. The van der Waals surface area contributed by atoms with E-state index in [1.165, 1.54) is 7.11 Å². The van der Waals surface area contributed by atoms with Crippen LogP contribution in [0.1, 0.15) is 59.3 Å². The molecule has 158 valence electrons. The fourth-order valence-electron chi connectivity index (χ4n) is 4.36. The lowest BCUT2D eigenvalue weighted by atomic mass is 9.74. The van der Waals surface area contributed by atoms with Gasteiger partial charge in [0.2, 0.25) is 0 Å². The maximum atomic E-state index is 11.7. The van der Waals surface area contributed by atoms with Crippen molar-refractivity contribution in [3.63, 3.8) is 0 Å². The molecular formula is C23H26N2O5. The lowest BCUT2D eigenvalue weighted by Gasteiger charge is -2.37. The van der Waals surface area contributed by atoms with E-state index in [0.29, 0.717) is 24.5 Å². The first-order valence-electron chi connectivity index (χ1n) is 10.2. The minimum absolute atomic E-state index is 0.0825. The smallest absolute Gasteiger partial charge is 0.356 e. The van der Waals surface area contributed by atoms with E-state index in [1.54, 1.807) is 19.4 Å². The predicted molar refractivity (Wildman–Crippen MR) is 112 cm³/mol. The van der Waals surface area contributed by atoms with Crippen LogP contribution in [0, 0.1) is 0 Å². The molecule has 0 bridgehead atoms. The van der Waals surface area contributed by atoms with Crippen LogP contribution >= 0.6 is 0 Å². The van der Waals surface area contributed by atoms with Crippen LogP contribution in [0.4, 0.5) is 0 Å². The lowest BCUT2D eigenvalue weighted by molar-refractivity contribution is 0.0594. The van der Waals surface area contributed by atoms with Gasteiger partial charge in [-0.3, -0.25) is 4.99 Å². The summed E-state index contributed by atoms with van der Waals surface area (Å²) < 4.78 is 16.1. The molecule has 1 fully saturated rings. The summed E-state index contributed by atoms with van der Waals surface area (Å²) >= 11 is 0. The Morgan fingerprint density at radius 3 is 2.70 bits per heavy atom. The van der Waals surface area contributed by atoms with Gasteiger partial charge in [0.15, 0.2) is 11.5 Å². The molecule has 1 N–H and O–H groups in total. The SMILES string of the molecule is CCOc1cc2c(cc1OC)C(c1ccc(C(=O)OC)nc1)=NC1CCC(O)CC21. The van der Waals surface area contributed by atoms with E-state index in [2.05, 4.69) is 4.98 Å². The number of benzene rings is 1. The van der Waals surface area contributed by atoms with Gasteiger partial charge in [0, 0.05) is 23.2 Å². The third-order valence-electron chi connectivity index (χ3n) is 5.80. The number of aliphatic imine (C=N–C) groups is 1. The molecule has 4 rings (SSSR count). The lowest BCUT2D eigenvalue weighted by Crippen LogP contribution is -2.34. The number of methoxy groups -OCH3 is 2. The highest BCUT2D eigenvalue weighted by Gasteiger charge is 2.37. The Hall–Kier alpha value is -2.93. The topological polar surface area (TPSA) is 90.2 Å². The van der Waals surface area contributed by atoms with Crippen LogP contribution in [0.5, 0.6) is 11.5 Å². The van der Waals surface area contributed by atoms with Gasteiger partial charge in [-0.15, -0.1) is 0 Å². The molecular weight excluding hydrogens is 384 g/mol. The number of carbonyl (C=O) groups is 1. The number of ether oxygens (including phenoxy) is 3. The summed E-state index contributed by atoms with van der Waals surface area (Å²) in [6.45, 7) is 2.47. The summed E-state index contributed by atoms with van der Waals surface area (Å²) in [5, 5.41) is 10.3. The van der Waals surface area contributed by atoms with Gasteiger partial charge < -0.3 is 19.3 Å². The quantitative estimate of drug-likeness (QED) is 0.762. The van der Waals surface area contributed by atoms with Crippen LogP contribution in [0.25, 0.3) is 0 Å². The second-order valence-electron chi connectivity index (χ2n) is 7.57. The van der Waals surface area contributed by atoms with Crippen LogP contribution in [0.15, 0.2) is 35.5 Å². The summed E-state index contributed by atoms with van der Waals surface area (Å²) in [7, 11) is 2.95. The van der Waals surface area contributed by atoms with Crippen molar-refractivity contribution in [2.75, 3.05) is 20.8 Å². The zero-order valence-corrected chi connectivity index (χ0v) is 17.4. The number of carbonyl (C=O) groups excluding carboxylic acids is 1. The number of pyridine rings is 1. The summed E-state index contributed by atoms with van der Waals surface area (Å²) in [6.07, 6.45) is 3.55. The fourth-order valence-corrected chi connectivity index (χ4v) is 4.36. The Balaban J connectivity index is 1.83. The minimum atomic E-state index is -0.475. The highest BCUT2D eigenvalue weighted by Crippen LogP contribution is 2.44. The van der Waals surface area contributed by atoms with E-state index >= 15 is 0 Å². The molecule has 7 nitrogen and oxygen atoms in total. The Kier molecular flexibility index (Phi) is 5.72. The maximum Gasteiger partial charge on any atom is 0.356 e. The van der Waals surface area contributed by atoms with E-state index in [1.807, 2.05) is 25.1 Å². The molecule has 30 heavy (non-hydrogen) atoms. The molecule has 3 atom stereocenters. The standard InChI is InChI=1S/C23H26N2O5/c1-4-30-21-10-15-16-9-14(26)6-8-18(16)25-22(17(15)11-20(21)28-2)13-5-7-19(24-12-13)23(27)29-3/h5,7,10-12,14,16,18,26H,4,6,8-9H2,1-3H3. The largest absolute Gasteiger partial charge is 0.493 e. The van der Waals surface area contributed by atoms with Gasteiger partial charge in [-0.25, -0.2) is 9.78 Å². The molecule has 1 aliphatic carbocycles. The molecule has 1 saturated carbocycles. The number of fused-ring (bicyclic) bond motifs is 3. The van der Waals surface area contributed by atoms with E-state index in [9.17, 15) is 9.90 Å². The number of nitrogens with zero attached hydrogens (tertiary/aromatic N) is 2. The van der Waals surface area contributed by atoms with Gasteiger partial charge in [-0.2, -0.15) is 0 Å². The van der Waals surface area contributed by atoms with E-state index < -0.39 is 5.97 Å². The molecule has 0 amide bonds. The van der Waals surface area contributed by atoms with Gasteiger partial charge >= 0.3 is 5.97 Å². The third-order valence-corrected chi connectivity index (χ3v) is 5.80. The zero-order chi connectivity index (χ0) is 21.3. The van der Waals surface area contributed by atoms with Crippen LogP contribution in [0.3, 0.4) is 0 Å². The summed E-state index contributed by atoms with van der Waals surface area (Å²) in [4.78, 5) is 21.0. The summed E-state index contributed by atoms with van der Waals surface area (Å²) in [5.41, 5.74) is 3.93. The Morgan fingerprint density at radius 1 is 1.20 bits per heavy atom. The van der Waals surface area contributed by atoms with Crippen molar-refractivity contribution in [3.05, 3.63) is 52.8 Å². The molecule has 1 aromatic heterocycles. The number of hydrogen-bond acceptors (Lipinski definition) is 7. The Morgan fingerprint density at radius 2 is 2.03 bits per heavy atom. The molecule has 2 aromatic rings. The van der Waals surface area contributed by atoms with E-state index in [4.69, 9.17) is 19.2 Å². The monoisotopic (exact) mass is 410 g/mol. The minimum Gasteiger partial charge on any atom is -0.493 e. The Labute approximate surface area is 175 Å². The highest BCUT2D eigenvalue weighted by atomic mass is 16.5. The van der Waals surface area contributed by atoms with E-state index in [-0.39, 0.29) is 23.8 Å². The fraction of sp³-hybridized carbons (Fsp3) is 0.435. The normalized spacial score (nSPS) is 22.4. The van der Waals surface area contributed by atoms with Gasteiger partial charge in [-0.05, 0) is 56.0 Å². The van der Waals surface area contributed by atoms with Crippen molar-refractivity contribution in [2.45, 2.75) is 44.2 Å². The predicted octanol–water partition coefficient (Wildman–Crippen LogP) is 3.12. The van der Waals surface area contributed by atoms with Crippen molar-refractivity contribution in [1.29, 1.82) is 0 Å². The van der Waals surface area contributed by atoms with Crippen molar-refractivity contribution in [2.24, 2.45) is 4.99 Å². The van der Waals surface area contributed by atoms with Crippen molar-refractivity contribution >= 4 is 11.7 Å². The molecule has 3 unspecified atom stereocenters. The van der Waals surface area contributed by atoms with Crippen molar-refractivity contribution < 1.29 is 24.1 Å². The molecule has 2 aliphatic rings. The number of rotatable bonds is 5. The van der Waals surface area contributed by atoms with Gasteiger partial charge in [0.25, 0.3) is 0 Å². The van der Waals surface area contributed by atoms with Gasteiger partial charge in [0.1, 0.15) is 5.69 Å². The molecule has 1 aliphatic heterocycles. The van der Waals surface area contributed by atoms with Crippen LogP contribution in [0.2, 0.25) is 0 Å². The third kappa shape index (κ3) is 3.65. The maximum absolute atomic E-state index is 11.7. The number of hydrogen-bond donors (Lipinski definition) is 1. The Bertz CT molecular complexity index is 970. The second-order valence-corrected chi connectivity index (χ2v) is 7.57. The number of esters is 1. The van der Waals surface area contributed by atoms with Crippen LogP contribution in [-0.2, 0) is 4.74 Å². The zero-order valence-electron chi connectivity index (χ0n) is 17.4. The first kappa shape index (κ1) is 20.3. The van der Waals surface area contributed by atoms with Crippen molar-refractivity contribution in [3.8, 4) is 11.5 Å². The highest BCUT2D eigenvalue weighted by molar-refractivity contribution is 6.15. The molecule has 1 aromatic carbocycles. The molecule has 7 heteroatoms. The second kappa shape index (κ2) is 8.44. The average Bonchev–Trinajstić information content (AvgIpc) is 2.78.